The molecule has 0 spiro atoms. The molecular weight excluding hydrogens is 458 g/mol. The number of nitro groups is 1. The number of methoxy groups -OCH3 is 1. The van der Waals surface area contributed by atoms with Gasteiger partial charge in [0.2, 0.25) is 5.17 Å². The van der Waals surface area contributed by atoms with Gasteiger partial charge in [0.25, 0.3) is 11.6 Å². The smallest absolute Gasteiger partial charge is 0.283 e. The van der Waals surface area contributed by atoms with Gasteiger partial charge in [-0.2, -0.15) is 15.1 Å². The number of furan rings is 1. The van der Waals surface area contributed by atoms with Gasteiger partial charge < -0.3 is 9.15 Å². The van der Waals surface area contributed by atoms with Gasteiger partial charge in [-0.15, -0.1) is 0 Å². The van der Waals surface area contributed by atoms with Crippen LogP contribution < -0.4 is 4.74 Å². The van der Waals surface area contributed by atoms with Crippen LogP contribution in [-0.4, -0.2) is 39.0 Å². The Balaban J connectivity index is 1.45. The Morgan fingerprint density at radius 3 is 2.71 bits per heavy atom. The summed E-state index contributed by atoms with van der Waals surface area (Å²) in [6, 6.07) is 16.9. The van der Waals surface area contributed by atoms with Crippen molar-refractivity contribution in [3.8, 4) is 17.1 Å². The maximum absolute atomic E-state index is 12.7. The molecule has 0 atom stereocenters. The lowest BCUT2D eigenvalue weighted by Gasteiger charge is -2.19. The molecule has 2 aliphatic heterocycles. The van der Waals surface area contributed by atoms with E-state index >= 15 is 0 Å². The van der Waals surface area contributed by atoms with E-state index in [0.717, 1.165) is 5.56 Å². The fourth-order valence-electron chi connectivity index (χ4n) is 3.40. The Kier molecular flexibility index (Phi) is 5.30. The largest absolute Gasteiger partial charge is 0.496 e. The molecule has 0 aliphatic carbocycles. The minimum Gasteiger partial charge on any atom is -0.496 e. The molecule has 2 aromatic carbocycles. The minimum atomic E-state index is -0.570. The first kappa shape index (κ1) is 21.3. The Morgan fingerprint density at radius 1 is 1.18 bits per heavy atom. The number of non-ortho nitro benzene ring substituents is 1. The van der Waals surface area contributed by atoms with Crippen LogP contribution in [-0.2, 0) is 4.79 Å². The number of benzene rings is 2. The van der Waals surface area contributed by atoms with Gasteiger partial charge in [0.05, 0.1) is 29.2 Å². The highest BCUT2D eigenvalue weighted by molar-refractivity contribution is 8.27. The molecule has 1 aromatic heterocycles. The van der Waals surface area contributed by atoms with Crippen molar-refractivity contribution in [3.05, 3.63) is 87.7 Å². The van der Waals surface area contributed by atoms with E-state index in [1.54, 1.807) is 12.1 Å². The van der Waals surface area contributed by atoms with E-state index in [1.165, 1.54) is 48.2 Å². The number of hydrogen-bond donors (Lipinski definition) is 1. The molecule has 0 radical (unpaired) electrons. The molecule has 0 fully saturated rings. The molecule has 3 heterocycles. The second kappa shape index (κ2) is 8.45. The number of aliphatic imine (C=N–C) groups is 1. The number of nitrogens with one attached hydrogen (secondary N) is 1. The number of hydrazone groups is 1. The lowest BCUT2D eigenvalue weighted by Crippen LogP contribution is -2.35. The van der Waals surface area contributed by atoms with Gasteiger partial charge in [-0.3, -0.25) is 20.3 Å². The average Bonchev–Trinajstić information content (AvgIpc) is 3.49. The molecule has 1 N–H and O–H groups in total. The highest BCUT2D eigenvalue weighted by Crippen LogP contribution is 2.35. The quantitative estimate of drug-likeness (QED) is 0.327. The van der Waals surface area contributed by atoms with Crippen molar-refractivity contribution in [2.75, 3.05) is 7.11 Å². The molecule has 0 saturated carbocycles. The number of nitro benzene ring substituents is 1. The summed E-state index contributed by atoms with van der Waals surface area (Å²) in [6.07, 6.45) is 1.42. The second-order valence-corrected chi connectivity index (χ2v) is 8.09. The SMILES string of the molecule is COc1cc([N+](=O)[O-])ccc1-c1ccc(/C=C2/C(=N)N3N=C(c4ccccc4)SC3=NC2=O)o1. The summed E-state index contributed by atoms with van der Waals surface area (Å²) in [4.78, 5) is 27.3. The fraction of sp³-hybridized carbons (Fsp3) is 0.0435. The molecule has 0 saturated heterocycles. The summed E-state index contributed by atoms with van der Waals surface area (Å²) in [5.41, 5.74) is 1.29. The van der Waals surface area contributed by atoms with Crippen LogP contribution in [0.2, 0.25) is 0 Å². The molecule has 168 valence electrons. The zero-order valence-electron chi connectivity index (χ0n) is 17.6. The summed E-state index contributed by atoms with van der Waals surface area (Å²) in [5.74, 6) is 0.286. The number of fused-ring (bicyclic) bond motifs is 1. The molecule has 0 unspecified atom stereocenters. The molecule has 34 heavy (non-hydrogen) atoms. The van der Waals surface area contributed by atoms with Gasteiger partial charge in [-0.25, -0.2) is 0 Å². The standard InChI is InChI=1S/C23H15N5O5S/c1-32-19-11-14(28(30)31)7-9-16(19)18-10-8-15(33-18)12-17-20(24)27-23(25-21(17)29)34-22(26-27)13-5-3-2-4-6-13/h2-12,24H,1H3/b17-12-,24-20?. The number of carbonyl (C=O) groups excluding carboxylic acids is 1. The topological polar surface area (TPSA) is 134 Å². The second-order valence-electron chi connectivity index (χ2n) is 7.13. The van der Waals surface area contributed by atoms with Crippen molar-refractivity contribution in [1.29, 1.82) is 5.41 Å². The number of carbonyl (C=O) groups is 1. The van der Waals surface area contributed by atoms with Crippen LogP contribution in [0.3, 0.4) is 0 Å². The molecule has 10 nitrogen and oxygen atoms in total. The molecular formula is C23H15N5O5S. The first-order valence-corrected chi connectivity index (χ1v) is 10.7. The van der Waals surface area contributed by atoms with Crippen LogP contribution in [0.25, 0.3) is 17.4 Å². The van der Waals surface area contributed by atoms with Gasteiger partial charge in [0, 0.05) is 11.6 Å². The zero-order chi connectivity index (χ0) is 23.8. The Hall–Kier alpha value is -4.51. The van der Waals surface area contributed by atoms with E-state index in [-0.39, 0.29) is 22.8 Å². The number of thioether (sulfide) groups is 1. The summed E-state index contributed by atoms with van der Waals surface area (Å²) < 4.78 is 11.1. The van der Waals surface area contributed by atoms with Crippen LogP contribution in [0.1, 0.15) is 11.3 Å². The van der Waals surface area contributed by atoms with Crippen molar-refractivity contribution >= 4 is 45.5 Å². The molecule has 5 rings (SSSR count). The number of ether oxygens (including phenoxy) is 1. The summed E-state index contributed by atoms with van der Waals surface area (Å²) in [6.45, 7) is 0. The summed E-state index contributed by atoms with van der Waals surface area (Å²) >= 11 is 1.22. The van der Waals surface area contributed by atoms with E-state index in [0.29, 0.717) is 27.3 Å². The summed E-state index contributed by atoms with van der Waals surface area (Å²) in [7, 11) is 1.41. The third kappa shape index (κ3) is 3.77. The molecule has 3 aromatic rings. The van der Waals surface area contributed by atoms with Gasteiger partial charge >= 0.3 is 0 Å². The first-order chi connectivity index (χ1) is 16.4. The van der Waals surface area contributed by atoms with Crippen LogP contribution in [0.4, 0.5) is 5.69 Å². The van der Waals surface area contributed by atoms with E-state index in [1.807, 2.05) is 30.3 Å². The normalized spacial score (nSPS) is 16.4. The number of amides is 1. The third-order valence-corrected chi connectivity index (χ3v) is 6.01. The average molecular weight is 473 g/mol. The molecule has 2 aliphatic rings. The van der Waals surface area contributed by atoms with Crippen LogP contribution in [0.15, 0.2) is 80.7 Å². The highest BCUT2D eigenvalue weighted by atomic mass is 32.2. The van der Waals surface area contributed by atoms with Crippen molar-refractivity contribution in [2.24, 2.45) is 10.1 Å². The predicted molar refractivity (Wildman–Crippen MR) is 128 cm³/mol. The van der Waals surface area contributed by atoms with Crippen LogP contribution >= 0.6 is 11.8 Å². The number of nitrogens with zero attached hydrogens (tertiary/aromatic N) is 4. The van der Waals surface area contributed by atoms with E-state index in [9.17, 15) is 14.9 Å². The molecule has 0 bridgehead atoms. The Bertz CT molecular complexity index is 1440. The molecule has 1 amide bonds. The third-order valence-electron chi connectivity index (χ3n) is 5.05. The number of rotatable bonds is 5. The zero-order valence-corrected chi connectivity index (χ0v) is 18.4. The predicted octanol–water partition coefficient (Wildman–Crippen LogP) is 4.53. The number of amidine groups is 2. The van der Waals surface area contributed by atoms with E-state index < -0.39 is 10.8 Å². The maximum atomic E-state index is 12.7. The monoisotopic (exact) mass is 473 g/mol. The fourth-order valence-corrected chi connectivity index (χ4v) is 4.30. The summed E-state index contributed by atoms with van der Waals surface area (Å²) in [5, 5.41) is 26.3. The van der Waals surface area contributed by atoms with Crippen LogP contribution in [0, 0.1) is 15.5 Å². The Labute approximate surface area is 196 Å². The van der Waals surface area contributed by atoms with Crippen LogP contribution in [0.5, 0.6) is 5.75 Å². The first-order valence-electron chi connectivity index (χ1n) is 9.93. The van der Waals surface area contributed by atoms with Crippen molar-refractivity contribution < 1.29 is 18.9 Å². The molecule has 11 heteroatoms. The van der Waals surface area contributed by atoms with Gasteiger partial charge in [-0.1, -0.05) is 30.3 Å². The highest BCUT2D eigenvalue weighted by Gasteiger charge is 2.36. The van der Waals surface area contributed by atoms with Gasteiger partial charge in [0.1, 0.15) is 22.3 Å². The minimum absolute atomic E-state index is 0.0268. The van der Waals surface area contributed by atoms with Crippen molar-refractivity contribution in [1.82, 2.24) is 5.01 Å². The number of hydrogen-bond acceptors (Lipinski definition) is 8. The maximum Gasteiger partial charge on any atom is 0.283 e. The van der Waals surface area contributed by atoms with Crippen molar-refractivity contribution in [2.45, 2.75) is 0 Å². The van der Waals surface area contributed by atoms with Crippen molar-refractivity contribution in [3.63, 3.8) is 0 Å². The van der Waals surface area contributed by atoms with E-state index in [2.05, 4.69) is 10.1 Å². The Morgan fingerprint density at radius 2 is 1.97 bits per heavy atom. The lowest BCUT2D eigenvalue weighted by molar-refractivity contribution is -0.384. The lowest BCUT2D eigenvalue weighted by atomic mass is 10.1. The van der Waals surface area contributed by atoms with Gasteiger partial charge in [-0.05, 0) is 36.0 Å². The van der Waals surface area contributed by atoms with E-state index in [4.69, 9.17) is 14.6 Å². The van der Waals surface area contributed by atoms with Gasteiger partial charge in [0.15, 0.2) is 5.84 Å².